The van der Waals surface area contributed by atoms with Gasteiger partial charge < -0.3 is 24.4 Å². The Bertz CT molecular complexity index is 1260. The van der Waals surface area contributed by atoms with Crippen LogP contribution in [0.3, 0.4) is 0 Å². The second-order valence-electron chi connectivity index (χ2n) is 12.1. The van der Waals surface area contributed by atoms with Gasteiger partial charge in [-0.05, 0) is 54.7 Å². The molecule has 0 saturated heterocycles. The minimum atomic E-state index is -1.86. The van der Waals surface area contributed by atoms with Gasteiger partial charge >= 0.3 is 11.9 Å². The number of ketones is 1. The number of benzene rings is 1. The Morgan fingerprint density at radius 2 is 1.76 bits per heavy atom. The lowest BCUT2D eigenvalue weighted by molar-refractivity contribution is -0.186. The highest BCUT2D eigenvalue weighted by molar-refractivity contribution is 6.04. The molecule has 8 nitrogen and oxygen atoms in total. The summed E-state index contributed by atoms with van der Waals surface area (Å²) in [5, 5.41) is 24.3. The van der Waals surface area contributed by atoms with Gasteiger partial charge in [-0.15, -0.1) is 0 Å². The number of Topliss-reactive ketones (excluding diaryl/α,β-unsaturated/α-hetero) is 1. The van der Waals surface area contributed by atoms with Crippen LogP contribution in [-0.2, 0) is 19.1 Å². The molecule has 4 aliphatic rings. The van der Waals surface area contributed by atoms with E-state index < -0.39 is 51.7 Å². The minimum Gasteiger partial charge on any atom is -0.497 e. The number of aliphatic hydroxyl groups is 2. The van der Waals surface area contributed by atoms with E-state index in [1.165, 1.54) is 14.0 Å². The molecule has 4 aliphatic carbocycles. The zero-order chi connectivity index (χ0) is 27.8. The number of methoxy groups -OCH3 is 1. The molecule has 0 bridgehead atoms. The molecule has 0 radical (unpaired) electrons. The molecule has 0 heterocycles. The fourth-order valence-electron chi connectivity index (χ4n) is 7.81. The maximum absolute atomic E-state index is 13.3. The molecule has 1 aromatic carbocycles. The molecule has 0 aromatic heterocycles. The van der Waals surface area contributed by atoms with Crippen molar-refractivity contribution in [3.8, 4) is 5.75 Å². The van der Waals surface area contributed by atoms with Crippen LogP contribution in [0.15, 0.2) is 47.6 Å². The number of hydrogen-bond acceptors (Lipinski definition) is 8. The highest BCUT2D eigenvalue weighted by Gasteiger charge is 2.83. The summed E-state index contributed by atoms with van der Waals surface area (Å²) in [6.45, 7) is 8.82. The molecule has 2 fully saturated rings. The van der Waals surface area contributed by atoms with Crippen molar-refractivity contribution in [2.75, 3.05) is 13.7 Å². The molecule has 0 unspecified atom stereocenters. The number of ether oxygens (including phenoxy) is 3. The second kappa shape index (κ2) is 8.52. The monoisotopic (exact) mass is 524 g/mol. The van der Waals surface area contributed by atoms with E-state index in [-0.39, 0.29) is 24.9 Å². The van der Waals surface area contributed by atoms with Crippen LogP contribution >= 0.6 is 0 Å². The molecule has 8 heteroatoms. The number of rotatable bonds is 5. The molecular weight excluding hydrogens is 488 g/mol. The van der Waals surface area contributed by atoms with Gasteiger partial charge in [-0.1, -0.05) is 32.9 Å². The number of esters is 2. The van der Waals surface area contributed by atoms with Crippen molar-refractivity contribution in [3.63, 3.8) is 0 Å². The summed E-state index contributed by atoms with van der Waals surface area (Å²) >= 11 is 0. The zero-order valence-electron chi connectivity index (χ0n) is 22.7. The summed E-state index contributed by atoms with van der Waals surface area (Å²) < 4.78 is 16.7. The largest absolute Gasteiger partial charge is 0.497 e. The average molecular weight is 525 g/mol. The number of hydrogen-bond donors (Lipinski definition) is 2. The van der Waals surface area contributed by atoms with Crippen molar-refractivity contribution in [2.24, 2.45) is 29.1 Å². The quantitative estimate of drug-likeness (QED) is 0.444. The van der Waals surface area contributed by atoms with Crippen LogP contribution in [0.4, 0.5) is 0 Å². The van der Waals surface area contributed by atoms with Gasteiger partial charge in [0.15, 0.2) is 5.78 Å². The van der Waals surface area contributed by atoms with Crippen LogP contribution < -0.4 is 4.74 Å². The van der Waals surface area contributed by atoms with Gasteiger partial charge in [0.1, 0.15) is 23.6 Å². The Morgan fingerprint density at radius 1 is 1.11 bits per heavy atom. The van der Waals surface area contributed by atoms with Gasteiger partial charge in [0, 0.05) is 36.5 Å². The Balaban J connectivity index is 1.53. The van der Waals surface area contributed by atoms with Crippen molar-refractivity contribution in [3.05, 3.63) is 53.1 Å². The van der Waals surface area contributed by atoms with E-state index in [4.69, 9.17) is 14.2 Å². The summed E-state index contributed by atoms with van der Waals surface area (Å²) in [6, 6.07) is 6.52. The van der Waals surface area contributed by atoms with E-state index in [1.807, 2.05) is 26.8 Å². The molecule has 204 valence electrons. The summed E-state index contributed by atoms with van der Waals surface area (Å²) in [7, 11) is 1.54. The SMILES string of the molecule is COc1ccc(C(=O)OCC2=C[C@H]3[C@@H]4C(C)(C)[C@]4(OC(C)=O)C[C@@H](C)[C@]3(O)[C@@H]3C=C(C)C(=O)[C@@]3(O)C2)cc1. The number of carbonyl (C=O) groups excluding carboxylic acids is 3. The van der Waals surface area contributed by atoms with E-state index >= 15 is 0 Å². The first-order valence-electron chi connectivity index (χ1n) is 13.1. The lowest BCUT2D eigenvalue weighted by atomic mass is 9.60. The molecule has 0 amide bonds. The number of fused-ring (bicyclic) bond motifs is 5. The van der Waals surface area contributed by atoms with Gasteiger partial charge in [-0.25, -0.2) is 4.79 Å². The van der Waals surface area contributed by atoms with Crippen molar-refractivity contribution < 1.29 is 38.8 Å². The normalized spacial score (nSPS) is 38.5. The van der Waals surface area contributed by atoms with E-state index in [1.54, 1.807) is 37.3 Å². The van der Waals surface area contributed by atoms with E-state index in [0.29, 0.717) is 28.9 Å². The van der Waals surface area contributed by atoms with Crippen molar-refractivity contribution in [2.45, 2.75) is 64.3 Å². The maximum Gasteiger partial charge on any atom is 0.338 e. The Hall–Kier alpha value is -2.97. The van der Waals surface area contributed by atoms with Crippen LogP contribution in [0.5, 0.6) is 5.75 Å². The average Bonchev–Trinajstić information content (AvgIpc) is 3.26. The van der Waals surface area contributed by atoms with Crippen LogP contribution in [-0.4, -0.2) is 58.5 Å². The Labute approximate surface area is 222 Å². The Morgan fingerprint density at radius 3 is 2.37 bits per heavy atom. The van der Waals surface area contributed by atoms with Gasteiger partial charge in [0.05, 0.1) is 18.3 Å². The van der Waals surface area contributed by atoms with E-state index in [9.17, 15) is 24.6 Å². The summed E-state index contributed by atoms with van der Waals surface area (Å²) in [6.07, 6.45) is 3.90. The van der Waals surface area contributed by atoms with Crippen molar-refractivity contribution >= 4 is 17.7 Å². The maximum atomic E-state index is 13.3. The Kier molecular flexibility index (Phi) is 5.97. The molecular formula is C30H36O8. The molecule has 1 aromatic rings. The molecule has 2 saturated carbocycles. The lowest BCUT2D eigenvalue weighted by Crippen LogP contribution is -2.61. The molecule has 5 rings (SSSR count). The molecule has 2 N–H and O–H groups in total. The van der Waals surface area contributed by atoms with Gasteiger partial charge in [0.25, 0.3) is 0 Å². The topological polar surface area (TPSA) is 119 Å². The molecule has 0 aliphatic heterocycles. The van der Waals surface area contributed by atoms with Gasteiger partial charge in [-0.3, -0.25) is 9.59 Å². The predicted octanol–water partition coefficient (Wildman–Crippen LogP) is 3.40. The summed E-state index contributed by atoms with van der Waals surface area (Å²) in [5.41, 5.74) is -3.24. The third-order valence-electron chi connectivity index (χ3n) is 9.71. The third-order valence-corrected chi connectivity index (χ3v) is 9.71. The van der Waals surface area contributed by atoms with Crippen LogP contribution in [0.2, 0.25) is 0 Å². The van der Waals surface area contributed by atoms with Crippen molar-refractivity contribution in [1.29, 1.82) is 0 Å². The van der Waals surface area contributed by atoms with E-state index in [0.717, 1.165) is 0 Å². The molecule has 7 atom stereocenters. The zero-order valence-corrected chi connectivity index (χ0v) is 22.7. The first-order chi connectivity index (χ1) is 17.7. The fraction of sp³-hybridized carbons (Fsp3) is 0.567. The first-order valence-corrected chi connectivity index (χ1v) is 13.1. The summed E-state index contributed by atoms with van der Waals surface area (Å²) in [5.74, 6) is -2.77. The highest BCUT2D eigenvalue weighted by atomic mass is 16.6. The highest BCUT2D eigenvalue weighted by Crippen LogP contribution is 2.76. The first kappa shape index (κ1) is 26.6. The third kappa shape index (κ3) is 3.53. The second-order valence-corrected chi connectivity index (χ2v) is 12.1. The smallest absolute Gasteiger partial charge is 0.338 e. The summed E-state index contributed by atoms with van der Waals surface area (Å²) in [4.78, 5) is 38.2. The van der Waals surface area contributed by atoms with Crippen LogP contribution in [0.1, 0.15) is 57.8 Å². The van der Waals surface area contributed by atoms with Crippen molar-refractivity contribution in [1.82, 2.24) is 0 Å². The molecule has 0 spiro atoms. The fourth-order valence-corrected chi connectivity index (χ4v) is 7.81. The predicted molar refractivity (Wildman–Crippen MR) is 137 cm³/mol. The van der Waals surface area contributed by atoms with E-state index in [2.05, 4.69) is 0 Å². The van der Waals surface area contributed by atoms with Gasteiger partial charge in [-0.2, -0.15) is 0 Å². The number of carbonyl (C=O) groups is 3. The lowest BCUT2D eigenvalue weighted by Gasteiger charge is -2.50. The van der Waals surface area contributed by atoms with Gasteiger partial charge in [0.2, 0.25) is 0 Å². The minimum absolute atomic E-state index is 0.0700. The molecule has 38 heavy (non-hydrogen) atoms. The van der Waals surface area contributed by atoms with Crippen LogP contribution in [0.25, 0.3) is 0 Å². The standard InChI is InChI=1S/C30H36O8/c1-16-11-23-28(34,25(16)32)14-19(15-37-26(33)20-7-9-21(36-6)10-8-20)12-22-24-27(4,5)29(24,38-18(3)31)13-17(2)30(22,23)35/h7-12,17,22-24,34-35H,13-15H2,1-6H3/t17-,22+,23-,24-,28-,29+,30-/m1/s1. The van der Waals surface area contributed by atoms with Crippen LogP contribution in [0, 0.1) is 29.1 Å².